The summed E-state index contributed by atoms with van der Waals surface area (Å²) in [5.74, 6) is 0.531. The molecule has 0 fully saturated rings. The minimum atomic E-state index is -3.40. The molecule has 7 heteroatoms. The molecule has 0 aliphatic carbocycles. The third kappa shape index (κ3) is 7.50. The molecule has 2 N–H and O–H groups in total. The first-order chi connectivity index (χ1) is 10.1. The number of hydrogen-bond donors (Lipinski definition) is 2. The highest BCUT2D eigenvalue weighted by atomic mass is 32.2. The smallest absolute Gasteiger partial charge is 0.240 e. The van der Waals surface area contributed by atoms with E-state index in [2.05, 4.69) is 10.0 Å². The molecule has 0 aliphatic heterocycles. The summed E-state index contributed by atoms with van der Waals surface area (Å²) in [6.07, 6.45) is 4.37. The Bertz CT molecular complexity index is 518. The number of nitrogens with one attached hydrogen (secondary N) is 2. The summed E-state index contributed by atoms with van der Waals surface area (Å²) in [6.45, 7) is 1.06. The lowest BCUT2D eigenvalue weighted by Crippen LogP contribution is -2.27. The summed E-state index contributed by atoms with van der Waals surface area (Å²) in [6, 6.07) is 8.33. The van der Waals surface area contributed by atoms with E-state index in [1.807, 2.05) is 6.26 Å². The molecule has 1 aromatic carbocycles. The molecule has 1 aromatic rings. The molecule has 21 heavy (non-hydrogen) atoms. The molecular formula is C14H22N2O3S2. The van der Waals surface area contributed by atoms with E-state index in [4.69, 9.17) is 0 Å². The molecule has 0 saturated carbocycles. The Kier molecular flexibility index (Phi) is 8.41. The van der Waals surface area contributed by atoms with Gasteiger partial charge in [-0.2, -0.15) is 11.8 Å². The Labute approximate surface area is 130 Å². The van der Waals surface area contributed by atoms with E-state index < -0.39 is 10.0 Å². The number of carbonyl (C=O) groups excluding carboxylic acids is 1. The van der Waals surface area contributed by atoms with Crippen molar-refractivity contribution in [3.05, 3.63) is 30.3 Å². The molecule has 0 aromatic heterocycles. The second-order valence-corrected chi connectivity index (χ2v) is 7.19. The average Bonchev–Trinajstić information content (AvgIpc) is 2.47. The topological polar surface area (TPSA) is 75.3 Å². The van der Waals surface area contributed by atoms with Crippen molar-refractivity contribution in [3.8, 4) is 0 Å². The minimum Gasteiger partial charge on any atom is -0.355 e. The minimum absolute atomic E-state index is 0.0484. The number of rotatable bonds is 10. The zero-order chi connectivity index (χ0) is 15.6. The molecular weight excluding hydrogens is 308 g/mol. The maximum atomic E-state index is 11.9. The Morgan fingerprint density at radius 3 is 2.43 bits per heavy atom. The normalized spacial score (nSPS) is 11.3. The summed E-state index contributed by atoms with van der Waals surface area (Å²) in [5, 5.41) is 2.82. The van der Waals surface area contributed by atoms with E-state index in [-0.39, 0.29) is 10.8 Å². The predicted octanol–water partition coefficient (Wildman–Crippen LogP) is 1.61. The van der Waals surface area contributed by atoms with Gasteiger partial charge in [0.05, 0.1) is 10.6 Å². The van der Waals surface area contributed by atoms with Gasteiger partial charge < -0.3 is 5.32 Å². The highest BCUT2D eigenvalue weighted by Gasteiger charge is 2.11. The molecule has 0 heterocycles. The number of unbranched alkanes of at least 4 members (excludes halogenated alkanes) is 2. The summed E-state index contributed by atoms with van der Waals surface area (Å²) >= 11 is 1.49. The molecule has 0 unspecified atom stereocenters. The lowest BCUT2D eigenvalue weighted by atomic mass is 10.2. The van der Waals surface area contributed by atoms with Crippen LogP contribution >= 0.6 is 11.8 Å². The fraction of sp³-hybridized carbons (Fsp3) is 0.500. The maximum absolute atomic E-state index is 11.9. The second kappa shape index (κ2) is 9.81. The van der Waals surface area contributed by atoms with Crippen LogP contribution in [0.4, 0.5) is 0 Å². The van der Waals surface area contributed by atoms with Crippen LogP contribution in [-0.4, -0.2) is 39.4 Å². The summed E-state index contributed by atoms with van der Waals surface area (Å²) in [5.41, 5.74) is 0. The lowest BCUT2D eigenvalue weighted by Gasteiger charge is -2.07. The van der Waals surface area contributed by atoms with Crippen molar-refractivity contribution in [1.82, 2.24) is 10.0 Å². The van der Waals surface area contributed by atoms with Gasteiger partial charge in [-0.05, 0) is 31.2 Å². The number of amides is 1. The standard InChI is InChI=1S/C14H22N2O3S2/c1-20-12-14(17)15-10-6-3-7-11-16-21(18,19)13-8-4-2-5-9-13/h2,4-5,8-9,16H,3,6-7,10-12H2,1H3,(H,15,17). The molecule has 0 aliphatic rings. The molecule has 0 bridgehead atoms. The monoisotopic (exact) mass is 330 g/mol. The molecule has 0 radical (unpaired) electrons. The van der Waals surface area contributed by atoms with Crippen LogP contribution in [-0.2, 0) is 14.8 Å². The van der Waals surface area contributed by atoms with Crippen LogP contribution in [0.15, 0.2) is 35.2 Å². The van der Waals surface area contributed by atoms with Gasteiger partial charge in [-0.15, -0.1) is 0 Å². The van der Waals surface area contributed by atoms with Gasteiger partial charge in [-0.25, -0.2) is 13.1 Å². The quantitative estimate of drug-likeness (QED) is 0.639. The van der Waals surface area contributed by atoms with E-state index >= 15 is 0 Å². The summed E-state index contributed by atoms with van der Waals surface area (Å²) < 4.78 is 26.4. The highest BCUT2D eigenvalue weighted by Crippen LogP contribution is 2.07. The van der Waals surface area contributed by atoms with Crippen LogP contribution in [0.25, 0.3) is 0 Å². The van der Waals surface area contributed by atoms with Crippen molar-refractivity contribution < 1.29 is 13.2 Å². The Morgan fingerprint density at radius 2 is 1.76 bits per heavy atom. The van der Waals surface area contributed by atoms with Crippen LogP contribution < -0.4 is 10.0 Å². The van der Waals surface area contributed by atoms with E-state index in [9.17, 15) is 13.2 Å². The van der Waals surface area contributed by atoms with Crippen molar-refractivity contribution in [1.29, 1.82) is 0 Å². The second-order valence-electron chi connectivity index (χ2n) is 4.55. The highest BCUT2D eigenvalue weighted by molar-refractivity contribution is 7.99. The van der Waals surface area contributed by atoms with Crippen LogP contribution in [0.2, 0.25) is 0 Å². The van der Waals surface area contributed by atoms with E-state index in [0.29, 0.717) is 18.8 Å². The zero-order valence-corrected chi connectivity index (χ0v) is 13.8. The van der Waals surface area contributed by atoms with Gasteiger partial charge in [-0.3, -0.25) is 4.79 Å². The molecule has 0 atom stereocenters. The molecule has 0 saturated heterocycles. The number of benzene rings is 1. The van der Waals surface area contributed by atoms with Gasteiger partial charge >= 0.3 is 0 Å². The van der Waals surface area contributed by atoms with Gasteiger partial charge in [0.25, 0.3) is 0 Å². The summed E-state index contributed by atoms with van der Waals surface area (Å²) in [4.78, 5) is 11.5. The number of thioether (sulfide) groups is 1. The molecule has 1 rings (SSSR count). The number of hydrogen-bond acceptors (Lipinski definition) is 4. The molecule has 5 nitrogen and oxygen atoms in total. The average molecular weight is 330 g/mol. The maximum Gasteiger partial charge on any atom is 0.240 e. The van der Waals surface area contributed by atoms with Gasteiger partial charge in [0, 0.05) is 13.1 Å². The third-order valence-electron chi connectivity index (χ3n) is 2.80. The first-order valence-electron chi connectivity index (χ1n) is 6.86. The first-order valence-corrected chi connectivity index (χ1v) is 9.74. The van der Waals surface area contributed by atoms with Crippen LogP contribution in [0.3, 0.4) is 0 Å². The van der Waals surface area contributed by atoms with Crippen molar-refractivity contribution in [2.24, 2.45) is 0 Å². The van der Waals surface area contributed by atoms with Gasteiger partial charge in [0.2, 0.25) is 15.9 Å². The van der Waals surface area contributed by atoms with Crippen LogP contribution in [0.5, 0.6) is 0 Å². The Morgan fingerprint density at radius 1 is 1.10 bits per heavy atom. The zero-order valence-electron chi connectivity index (χ0n) is 12.2. The SMILES string of the molecule is CSCC(=O)NCCCCCNS(=O)(=O)c1ccccc1. The van der Waals surface area contributed by atoms with E-state index in [0.717, 1.165) is 19.3 Å². The van der Waals surface area contributed by atoms with Crippen molar-refractivity contribution in [2.45, 2.75) is 24.2 Å². The number of sulfonamides is 1. The van der Waals surface area contributed by atoms with Crippen molar-refractivity contribution in [2.75, 3.05) is 25.1 Å². The van der Waals surface area contributed by atoms with E-state index in [1.165, 1.54) is 11.8 Å². The van der Waals surface area contributed by atoms with Crippen LogP contribution in [0.1, 0.15) is 19.3 Å². The Hall–Kier alpha value is -1.05. The Balaban J connectivity index is 2.13. The van der Waals surface area contributed by atoms with Crippen molar-refractivity contribution >= 4 is 27.7 Å². The largest absolute Gasteiger partial charge is 0.355 e. The molecule has 1 amide bonds. The molecule has 0 spiro atoms. The van der Waals surface area contributed by atoms with Gasteiger partial charge in [0.15, 0.2) is 0 Å². The lowest BCUT2D eigenvalue weighted by molar-refractivity contribution is -0.118. The van der Waals surface area contributed by atoms with E-state index in [1.54, 1.807) is 30.3 Å². The van der Waals surface area contributed by atoms with Crippen molar-refractivity contribution in [3.63, 3.8) is 0 Å². The third-order valence-corrected chi connectivity index (χ3v) is 4.82. The fourth-order valence-electron chi connectivity index (χ4n) is 1.73. The molecule has 118 valence electrons. The first kappa shape index (κ1) is 18.0. The van der Waals surface area contributed by atoms with Gasteiger partial charge in [0.1, 0.15) is 0 Å². The fourth-order valence-corrected chi connectivity index (χ4v) is 3.19. The summed E-state index contributed by atoms with van der Waals surface area (Å²) in [7, 11) is -3.40. The van der Waals surface area contributed by atoms with Crippen LogP contribution in [0, 0.1) is 0 Å². The van der Waals surface area contributed by atoms with Gasteiger partial charge in [-0.1, -0.05) is 24.6 Å². The number of carbonyl (C=O) groups is 1. The predicted molar refractivity (Wildman–Crippen MR) is 86.9 cm³/mol.